The Morgan fingerprint density at radius 1 is 1.29 bits per heavy atom. The van der Waals surface area contributed by atoms with Gasteiger partial charge in [0.25, 0.3) is 5.91 Å². The number of benzene rings is 1. The number of nitrogens with two attached hydrogens (primary N) is 1. The molecule has 4 nitrogen and oxygen atoms in total. The lowest BCUT2D eigenvalue weighted by molar-refractivity contribution is -0.125. The van der Waals surface area contributed by atoms with Gasteiger partial charge >= 0.3 is 0 Å². The molecule has 5 heteroatoms. The fourth-order valence-corrected chi connectivity index (χ4v) is 2.20. The van der Waals surface area contributed by atoms with Crippen LogP contribution in [0.4, 0.5) is 0 Å². The van der Waals surface area contributed by atoms with Crippen LogP contribution < -0.4 is 15.8 Å². The van der Waals surface area contributed by atoms with Gasteiger partial charge in [-0.15, -0.1) is 12.4 Å². The normalized spacial score (nSPS) is 10.7. The number of hydrogen-bond donors (Lipinski definition) is 2. The van der Waals surface area contributed by atoms with Crippen LogP contribution in [0.3, 0.4) is 0 Å². The van der Waals surface area contributed by atoms with Crippen molar-refractivity contribution in [2.75, 3.05) is 13.2 Å². The van der Waals surface area contributed by atoms with Gasteiger partial charge in [-0.05, 0) is 38.3 Å². The van der Waals surface area contributed by atoms with E-state index in [9.17, 15) is 4.79 Å². The van der Waals surface area contributed by atoms with Gasteiger partial charge in [-0.3, -0.25) is 4.79 Å². The number of amides is 1. The van der Waals surface area contributed by atoms with Crippen molar-refractivity contribution in [2.45, 2.75) is 46.1 Å². The SMILES string of the molecule is CCC(CC)(CN)NC(=O)COc1ccc(C)cc1C.Cl. The van der Waals surface area contributed by atoms with Gasteiger partial charge in [0, 0.05) is 6.54 Å². The zero-order valence-corrected chi connectivity index (χ0v) is 14.2. The Labute approximate surface area is 133 Å². The Balaban J connectivity index is 0.00000400. The summed E-state index contributed by atoms with van der Waals surface area (Å²) in [6, 6.07) is 5.91. The quantitative estimate of drug-likeness (QED) is 0.813. The van der Waals surface area contributed by atoms with Gasteiger partial charge in [-0.2, -0.15) is 0 Å². The van der Waals surface area contributed by atoms with E-state index in [4.69, 9.17) is 10.5 Å². The molecule has 0 fully saturated rings. The Morgan fingerprint density at radius 3 is 2.38 bits per heavy atom. The minimum atomic E-state index is -0.317. The molecule has 0 radical (unpaired) electrons. The highest BCUT2D eigenvalue weighted by Gasteiger charge is 2.26. The summed E-state index contributed by atoms with van der Waals surface area (Å²) < 4.78 is 5.58. The molecule has 0 unspecified atom stereocenters. The van der Waals surface area contributed by atoms with Crippen LogP contribution in [-0.2, 0) is 4.79 Å². The fourth-order valence-electron chi connectivity index (χ4n) is 2.20. The monoisotopic (exact) mass is 314 g/mol. The largest absolute Gasteiger partial charge is 0.484 e. The van der Waals surface area contributed by atoms with E-state index in [0.717, 1.165) is 24.2 Å². The molecule has 3 N–H and O–H groups in total. The molecule has 0 spiro atoms. The minimum absolute atomic E-state index is 0. The van der Waals surface area contributed by atoms with Crippen molar-refractivity contribution in [2.24, 2.45) is 5.73 Å². The molecule has 1 rings (SSSR count). The second kappa shape index (κ2) is 8.90. The van der Waals surface area contributed by atoms with E-state index >= 15 is 0 Å². The number of halogens is 1. The third-order valence-electron chi connectivity index (χ3n) is 3.84. The van der Waals surface area contributed by atoms with Crippen molar-refractivity contribution >= 4 is 18.3 Å². The van der Waals surface area contributed by atoms with E-state index in [2.05, 4.69) is 5.32 Å². The van der Waals surface area contributed by atoms with E-state index in [-0.39, 0.29) is 30.5 Å². The molecule has 1 aromatic rings. The highest BCUT2D eigenvalue weighted by molar-refractivity contribution is 5.85. The van der Waals surface area contributed by atoms with Gasteiger partial charge < -0.3 is 15.8 Å². The first-order valence-electron chi connectivity index (χ1n) is 7.17. The van der Waals surface area contributed by atoms with E-state index in [1.807, 2.05) is 45.9 Å². The lowest BCUT2D eigenvalue weighted by atomic mass is 9.93. The van der Waals surface area contributed by atoms with Crippen LogP contribution in [0.25, 0.3) is 0 Å². The molecule has 1 aromatic carbocycles. The Bertz CT molecular complexity index is 451. The summed E-state index contributed by atoms with van der Waals surface area (Å²) in [6.07, 6.45) is 1.63. The smallest absolute Gasteiger partial charge is 0.258 e. The van der Waals surface area contributed by atoms with Crippen LogP contribution in [0.15, 0.2) is 18.2 Å². The highest BCUT2D eigenvalue weighted by atomic mass is 35.5. The number of ether oxygens (including phenoxy) is 1. The summed E-state index contributed by atoms with van der Waals surface area (Å²) in [4.78, 5) is 12.0. The maximum Gasteiger partial charge on any atom is 0.258 e. The topological polar surface area (TPSA) is 64.3 Å². The van der Waals surface area contributed by atoms with Crippen LogP contribution in [0.1, 0.15) is 37.8 Å². The van der Waals surface area contributed by atoms with Crippen molar-refractivity contribution in [1.29, 1.82) is 0 Å². The number of hydrogen-bond acceptors (Lipinski definition) is 3. The number of carbonyl (C=O) groups is 1. The predicted octanol–water partition coefficient (Wildman–Crippen LogP) is 2.74. The first kappa shape index (κ1) is 19.7. The molecule has 0 aliphatic heterocycles. The molecule has 0 aliphatic rings. The molecule has 0 aromatic heterocycles. The van der Waals surface area contributed by atoms with E-state index < -0.39 is 0 Å². The number of carbonyl (C=O) groups excluding carboxylic acids is 1. The molecule has 1 amide bonds. The Kier molecular flexibility index (Phi) is 8.37. The summed E-state index contributed by atoms with van der Waals surface area (Å²) >= 11 is 0. The predicted molar refractivity (Wildman–Crippen MR) is 89.2 cm³/mol. The second-order valence-corrected chi connectivity index (χ2v) is 5.30. The van der Waals surface area contributed by atoms with Gasteiger partial charge in [0.1, 0.15) is 5.75 Å². The first-order chi connectivity index (χ1) is 9.46. The van der Waals surface area contributed by atoms with Crippen LogP contribution in [0, 0.1) is 13.8 Å². The average molecular weight is 315 g/mol. The van der Waals surface area contributed by atoms with Crippen molar-refractivity contribution in [3.8, 4) is 5.75 Å². The molecule has 0 bridgehead atoms. The van der Waals surface area contributed by atoms with Crippen molar-refractivity contribution in [3.63, 3.8) is 0 Å². The first-order valence-corrected chi connectivity index (χ1v) is 7.17. The van der Waals surface area contributed by atoms with E-state index in [0.29, 0.717) is 6.54 Å². The van der Waals surface area contributed by atoms with Gasteiger partial charge in [-0.25, -0.2) is 0 Å². The summed E-state index contributed by atoms with van der Waals surface area (Å²) in [7, 11) is 0. The summed E-state index contributed by atoms with van der Waals surface area (Å²) in [6.45, 7) is 8.52. The lowest BCUT2D eigenvalue weighted by Crippen LogP contribution is -2.54. The van der Waals surface area contributed by atoms with Crippen molar-refractivity contribution < 1.29 is 9.53 Å². The maximum atomic E-state index is 12.0. The van der Waals surface area contributed by atoms with Gasteiger partial charge in [-0.1, -0.05) is 31.5 Å². The zero-order chi connectivity index (χ0) is 15.2. The average Bonchev–Trinajstić information content (AvgIpc) is 2.44. The van der Waals surface area contributed by atoms with Gasteiger partial charge in [0.2, 0.25) is 0 Å². The summed E-state index contributed by atoms with van der Waals surface area (Å²) in [5, 5.41) is 2.99. The molecule has 0 aliphatic carbocycles. The third-order valence-corrected chi connectivity index (χ3v) is 3.84. The Morgan fingerprint density at radius 2 is 1.90 bits per heavy atom. The molecular formula is C16H27ClN2O2. The number of rotatable bonds is 7. The molecule has 0 saturated carbocycles. The third kappa shape index (κ3) is 5.56. The lowest BCUT2D eigenvalue weighted by Gasteiger charge is -2.31. The number of aryl methyl sites for hydroxylation is 2. The Hall–Kier alpha value is -1.26. The van der Waals surface area contributed by atoms with Crippen molar-refractivity contribution in [3.05, 3.63) is 29.3 Å². The van der Waals surface area contributed by atoms with Crippen LogP contribution >= 0.6 is 12.4 Å². The second-order valence-electron chi connectivity index (χ2n) is 5.30. The van der Waals surface area contributed by atoms with Crippen LogP contribution in [0.2, 0.25) is 0 Å². The standard InChI is InChI=1S/C16H26N2O2.ClH/c1-5-16(6-2,11-17)18-15(19)10-20-14-8-7-12(3)9-13(14)4;/h7-9H,5-6,10-11,17H2,1-4H3,(H,18,19);1H. The van der Waals surface area contributed by atoms with E-state index in [1.54, 1.807) is 0 Å². The molecule has 0 saturated heterocycles. The summed E-state index contributed by atoms with van der Waals surface area (Å²) in [5.41, 5.74) is 7.67. The van der Waals surface area contributed by atoms with E-state index in [1.165, 1.54) is 5.56 Å². The number of nitrogens with one attached hydrogen (secondary N) is 1. The fraction of sp³-hybridized carbons (Fsp3) is 0.562. The molecule has 0 heterocycles. The highest BCUT2D eigenvalue weighted by Crippen LogP contribution is 2.19. The molecule has 120 valence electrons. The molecule has 0 atom stereocenters. The maximum absolute atomic E-state index is 12.0. The molecule has 21 heavy (non-hydrogen) atoms. The minimum Gasteiger partial charge on any atom is -0.484 e. The van der Waals surface area contributed by atoms with Crippen LogP contribution in [-0.4, -0.2) is 24.6 Å². The summed E-state index contributed by atoms with van der Waals surface area (Å²) in [5.74, 6) is 0.622. The van der Waals surface area contributed by atoms with Gasteiger partial charge in [0.15, 0.2) is 6.61 Å². The molecular weight excluding hydrogens is 288 g/mol. The van der Waals surface area contributed by atoms with Gasteiger partial charge in [0.05, 0.1) is 5.54 Å². The zero-order valence-electron chi connectivity index (χ0n) is 13.4. The van der Waals surface area contributed by atoms with Crippen molar-refractivity contribution in [1.82, 2.24) is 5.32 Å². The van der Waals surface area contributed by atoms with Crippen LogP contribution in [0.5, 0.6) is 5.75 Å².